The van der Waals surface area contributed by atoms with Crippen molar-refractivity contribution in [3.8, 4) is 0 Å². The molecule has 0 heteroatoms. The molecular weight excluding hydrogens is 132 g/mol. The first-order valence-electron chi connectivity index (χ1n) is 4.99. The van der Waals surface area contributed by atoms with Gasteiger partial charge in [-0.3, -0.25) is 0 Å². The number of hydrogen-bond donors (Lipinski definition) is 0. The van der Waals surface area contributed by atoms with Gasteiger partial charge in [0.05, 0.1) is 0 Å². The van der Waals surface area contributed by atoms with Gasteiger partial charge in [0.15, 0.2) is 0 Å². The van der Waals surface area contributed by atoms with Gasteiger partial charge in [0.25, 0.3) is 0 Å². The minimum absolute atomic E-state index is 0.990. The third-order valence-corrected chi connectivity index (χ3v) is 3.67. The van der Waals surface area contributed by atoms with E-state index >= 15 is 0 Å². The Bertz CT molecular complexity index is 188. The lowest BCUT2D eigenvalue weighted by Gasteiger charge is -2.23. The molecule has 2 aliphatic rings. The van der Waals surface area contributed by atoms with Gasteiger partial charge in [-0.1, -0.05) is 18.1 Å². The van der Waals surface area contributed by atoms with E-state index in [1.807, 2.05) is 0 Å². The highest BCUT2D eigenvalue weighted by Crippen LogP contribution is 2.45. The highest BCUT2D eigenvalue weighted by atomic mass is 14.4. The summed E-state index contributed by atoms with van der Waals surface area (Å²) in [5.74, 6) is 2.06. The topological polar surface area (TPSA) is 0 Å². The highest BCUT2D eigenvalue weighted by molar-refractivity contribution is 5.21. The lowest BCUT2D eigenvalue weighted by molar-refractivity contribution is 0.478. The summed E-state index contributed by atoms with van der Waals surface area (Å²) in [5, 5.41) is 0. The van der Waals surface area contributed by atoms with Crippen LogP contribution in [0.2, 0.25) is 0 Å². The van der Waals surface area contributed by atoms with Crippen molar-refractivity contribution in [2.45, 2.75) is 46.0 Å². The molecule has 0 amide bonds. The van der Waals surface area contributed by atoms with Crippen LogP contribution in [0.1, 0.15) is 46.0 Å². The molecule has 0 aromatic heterocycles. The summed E-state index contributed by atoms with van der Waals surface area (Å²) in [4.78, 5) is 0. The summed E-state index contributed by atoms with van der Waals surface area (Å²) in [5.41, 5.74) is 3.53. The van der Waals surface area contributed by atoms with Crippen LogP contribution in [0.4, 0.5) is 0 Å². The van der Waals surface area contributed by atoms with Crippen molar-refractivity contribution >= 4 is 0 Å². The van der Waals surface area contributed by atoms with Crippen LogP contribution in [0, 0.1) is 11.8 Å². The van der Waals surface area contributed by atoms with Crippen molar-refractivity contribution in [3.63, 3.8) is 0 Å². The maximum absolute atomic E-state index is 2.37. The molecule has 0 aliphatic heterocycles. The highest BCUT2D eigenvalue weighted by Gasteiger charge is 2.31. The van der Waals surface area contributed by atoms with Gasteiger partial charge in [0.2, 0.25) is 0 Å². The molecule has 2 atom stereocenters. The van der Waals surface area contributed by atoms with Gasteiger partial charge in [0, 0.05) is 0 Å². The fourth-order valence-electron chi connectivity index (χ4n) is 2.87. The molecule has 0 saturated heterocycles. The Hall–Kier alpha value is -0.260. The Kier molecular flexibility index (Phi) is 1.78. The van der Waals surface area contributed by atoms with Crippen LogP contribution in [0.3, 0.4) is 0 Å². The quantitative estimate of drug-likeness (QED) is 0.502. The predicted octanol–water partition coefficient (Wildman–Crippen LogP) is 3.53. The first kappa shape index (κ1) is 7.39. The molecule has 0 aromatic rings. The predicted molar refractivity (Wildman–Crippen MR) is 48.4 cm³/mol. The van der Waals surface area contributed by atoms with E-state index in [1.54, 1.807) is 11.1 Å². The number of hydrogen-bond acceptors (Lipinski definition) is 0. The molecule has 62 valence electrons. The van der Waals surface area contributed by atoms with Crippen LogP contribution in [0.5, 0.6) is 0 Å². The van der Waals surface area contributed by atoms with Crippen molar-refractivity contribution in [1.29, 1.82) is 0 Å². The molecule has 0 nitrogen and oxygen atoms in total. The Balaban J connectivity index is 2.24. The Morgan fingerprint density at radius 2 is 2.18 bits per heavy atom. The van der Waals surface area contributed by atoms with Crippen LogP contribution in [0.25, 0.3) is 0 Å². The van der Waals surface area contributed by atoms with Gasteiger partial charge in [-0.15, -0.1) is 0 Å². The van der Waals surface area contributed by atoms with Crippen LogP contribution >= 0.6 is 0 Å². The van der Waals surface area contributed by atoms with Crippen molar-refractivity contribution in [3.05, 3.63) is 11.1 Å². The van der Waals surface area contributed by atoms with E-state index in [1.165, 1.54) is 32.1 Å². The molecule has 1 saturated carbocycles. The minimum atomic E-state index is 0.990. The van der Waals surface area contributed by atoms with Crippen molar-refractivity contribution in [2.75, 3.05) is 0 Å². The molecule has 1 fully saturated rings. The fraction of sp³-hybridized carbons (Fsp3) is 0.818. The SMILES string of the molecule is CCC1=C(C)C2CCC(C1)C2. The van der Waals surface area contributed by atoms with Gasteiger partial charge in [0.1, 0.15) is 0 Å². The van der Waals surface area contributed by atoms with Crippen molar-refractivity contribution in [1.82, 2.24) is 0 Å². The maximum atomic E-state index is 2.37. The van der Waals surface area contributed by atoms with Crippen LogP contribution in [0.15, 0.2) is 11.1 Å². The summed E-state index contributed by atoms with van der Waals surface area (Å²) in [7, 11) is 0. The summed E-state index contributed by atoms with van der Waals surface area (Å²) >= 11 is 0. The molecular formula is C11H18. The number of allylic oxidation sites excluding steroid dienone is 2. The molecule has 0 N–H and O–H groups in total. The Labute approximate surface area is 69.7 Å². The van der Waals surface area contributed by atoms with E-state index in [4.69, 9.17) is 0 Å². The first-order chi connectivity index (χ1) is 5.31. The fourth-order valence-corrected chi connectivity index (χ4v) is 2.87. The summed E-state index contributed by atoms with van der Waals surface area (Å²) in [6.07, 6.45) is 7.23. The lowest BCUT2D eigenvalue weighted by atomic mass is 9.83. The lowest BCUT2D eigenvalue weighted by Crippen LogP contribution is -2.08. The van der Waals surface area contributed by atoms with Crippen LogP contribution in [-0.4, -0.2) is 0 Å². The molecule has 0 radical (unpaired) electrons. The Morgan fingerprint density at radius 1 is 1.36 bits per heavy atom. The summed E-state index contributed by atoms with van der Waals surface area (Å²) in [6.45, 7) is 4.68. The molecule has 2 aliphatic carbocycles. The normalized spacial score (nSPS) is 36.5. The molecule has 0 heterocycles. The largest absolute Gasteiger partial charge is 0.0710 e. The second kappa shape index (κ2) is 2.66. The second-order valence-corrected chi connectivity index (χ2v) is 4.22. The van der Waals surface area contributed by atoms with E-state index in [-0.39, 0.29) is 0 Å². The molecule has 0 aromatic carbocycles. The van der Waals surface area contributed by atoms with E-state index in [0.29, 0.717) is 0 Å². The third-order valence-electron chi connectivity index (χ3n) is 3.67. The van der Waals surface area contributed by atoms with Gasteiger partial charge in [-0.2, -0.15) is 0 Å². The number of fused-ring (bicyclic) bond motifs is 2. The van der Waals surface area contributed by atoms with E-state index < -0.39 is 0 Å². The summed E-state index contributed by atoms with van der Waals surface area (Å²) < 4.78 is 0. The van der Waals surface area contributed by atoms with Gasteiger partial charge in [-0.25, -0.2) is 0 Å². The molecule has 0 spiro atoms. The summed E-state index contributed by atoms with van der Waals surface area (Å²) in [6, 6.07) is 0. The van der Waals surface area contributed by atoms with Gasteiger partial charge < -0.3 is 0 Å². The zero-order valence-electron chi connectivity index (χ0n) is 7.69. The average Bonchev–Trinajstić information content (AvgIpc) is 2.42. The van der Waals surface area contributed by atoms with E-state index in [9.17, 15) is 0 Å². The zero-order chi connectivity index (χ0) is 7.84. The standard InChI is InChI=1S/C11H18/c1-3-10-6-9-4-5-11(7-9)8(10)2/h9,11H,3-7H2,1-2H3. The monoisotopic (exact) mass is 150 g/mol. The molecule has 2 rings (SSSR count). The maximum Gasteiger partial charge on any atom is -0.0200 e. The van der Waals surface area contributed by atoms with E-state index in [0.717, 1.165) is 11.8 Å². The zero-order valence-corrected chi connectivity index (χ0v) is 7.69. The first-order valence-corrected chi connectivity index (χ1v) is 4.99. The molecule has 11 heavy (non-hydrogen) atoms. The van der Waals surface area contributed by atoms with Crippen LogP contribution < -0.4 is 0 Å². The average molecular weight is 150 g/mol. The molecule has 2 unspecified atom stereocenters. The minimum Gasteiger partial charge on any atom is -0.0710 e. The third kappa shape index (κ3) is 1.13. The molecule has 2 bridgehead atoms. The second-order valence-electron chi connectivity index (χ2n) is 4.22. The number of rotatable bonds is 1. The Morgan fingerprint density at radius 3 is 2.91 bits per heavy atom. The van der Waals surface area contributed by atoms with Crippen molar-refractivity contribution in [2.24, 2.45) is 11.8 Å². The van der Waals surface area contributed by atoms with Gasteiger partial charge >= 0.3 is 0 Å². The van der Waals surface area contributed by atoms with Crippen LogP contribution in [-0.2, 0) is 0 Å². The van der Waals surface area contributed by atoms with Gasteiger partial charge in [-0.05, 0) is 50.9 Å². The smallest absolute Gasteiger partial charge is 0.0200 e. The van der Waals surface area contributed by atoms with Crippen molar-refractivity contribution < 1.29 is 0 Å². The van der Waals surface area contributed by atoms with E-state index in [2.05, 4.69) is 13.8 Å².